The van der Waals surface area contributed by atoms with Crippen LogP contribution < -0.4 is 5.32 Å². The first-order valence-corrected chi connectivity index (χ1v) is 9.10. The van der Waals surface area contributed by atoms with Crippen LogP contribution in [0.2, 0.25) is 0 Å². The summed E-state index contributed by atoms with van der Waals surface area (Å²) < 4.78 is 5.09. The predicted octanol–water partition coefficient (Wildman–Crippen LogP) is 4.00. The van der Waals surface area contributed by atoms with Crippen molar-refractivity contribution in [3.8, 4) is 0 Å². The van der Waals surface area contributed by atoms with Crippen LogP contribution in [0, 0.1) is 0 Å². The maximum absolute atomic E-state index is 5.09. The third-order valence-electron chi connectivity index (χ3n) is 4.37. The molecule has 134 valence electrons. The van der Waals surface area contributed by atoms with E-state index >= 15 is 0 Å². The van der Waals surface area contributed by atoms with Crippen molar-refractivity contribution in [2.75, 3.05) is 20.3 Å². The van der Waals surface area contributed by atoms with E-state index in [1.807, 2.05) is 0 Å². The van der Waals surface area contributed by atoms with Crippen LogP contribution in [0.25, 0.3) is 0 Å². The summed E-state index contributed by atoms with van der Waals surface area (Å²) in [5.74, 6) is 0. The van der Waals surface area contributed by atoms with Crippen LogP contribution in [-0.2, 0) is 24.1 Å². The van der Waals surface area contributed by atoms with Crippen LogP contribution in [0.5, 0.6) is 0 Å². The first kappa shape index (κ1) is 18.3. The third-order valence-corrected chi connectivity index (χ3v) is 4.37. The molecule has 0 saturated heterocycles. The summed E-state index contributed by atoms with van der Waals surface area (Å²) in [5, 5.41) is 3.38. The molecule has 0 aliphatic carbocycles. The number of methoxy groups -OCH3 is 1. The molecule has 1 N–H and O–H groups in total. The van der Waals surface area contributed by atoms with Gasteiger partial charge in [-0.25, -0.2) is 0 Å². The van der Waals surface area contributed by atoms with Crippen molar-refractivity contribution in [1.29, 1.82) is 0 Å². The highest BCUT2D eigenvalue weighted by atomic mass is 16.5. The number of hydrogen-bond acceptors (Lipinski definition) is 3. The predicted molar refractivity (Wildman–Crippen MR) is 106 cm³/mol. The van der Waals surface area contributed by atoms with Crippen LogP contribution in [0.1, 0.15) is 28.1 Å². The minimum absolute atomic E-state index is 0.711. The molecule has 2 aromatic carbocycles. The number of aromatic nitrogens is 1. The minimum Gasteiger partial charge on any atom is -0.383 e. The van der Waals surface area contributed by atoms with E-state index in [1.54, 1.807) is 7.11 Å². The Hall–Kier alpha value is -2.49. The van der Waals surface area contributed by atoms with Gasteiger partial charge in [0.2, 0.25) is 0 Å². The maximum Gasteiger partial charge on any atom is 0.0587 e. The highest BCUT2D eigenvalue weighted by Crippen LogP contribution is 2.17. The van der Waals surface area contributed by atoms with Gasteiger partial charge in [0.05, 0.1) is 12.3 Å². The molecule has 0 atom stereocenters. The van der Waals surface area contributed by atoms with Crippen molar-refractivity contribution in [3.63, 3.8) is 0 Å². The third kappa shape index (κ3) is 5.51. The molecule has 0 amide bonds. The van der Waals surface area contributed by atoms with E-state index in [9.17, 15) is 0 Å². The highest BCUT2D eigenvalue weighted by molar-refractivity contribution is 5.33. The zero-order chi connectivity index (χ0) is 18.0. The van der Waals surface area contributed by atoms with E-state index in [1.165, 1.54) is 16.7 Å². The molecule has 0 aliphatic heterocycles. The molecule has 1 heterocycles. The van der Waals surface area contributed by atoms with E-state index in [-0.39, 0.29) is 0 Å². The first-order valence-electron chi connectivity index (χ1n) is 9.10. The Morgan fingerprint density at radius 1 is 0.808 bits per heavy atom. The number of pyridine rings is 1. The molecule has 26 heavy (non-hydrogen) atoms. The fourth-order valence-corrected chi connectivity index (χ4v) is 2.98. The number of nitrogens with one attached hydrogen (secondary N) is 1. The molecule has 3 aromatic rings. The molecule has 0 aliphatic rings. The molecule has 3 heteroatoms. The highest BCUT2D eigenvalue weighted by Gasteiger charge is 2.08. The van der Waals surface area contributed by atoms with Gasteiger partial charge >= 0.3 is 0 Å². The number of ether oxygens (including phenoxy) is 1. The molecular formula is C23H26N2O. The molecule has 3 rings (SSSR count). The minimum atomic E-state index is 0.711. The Kier molecular flexibility index (Phi) is 6.94. The van der Waals surface area contributed by atoms with E-state index in [4.69, 9.17) is 9.72 Å². The summed E-state index contributed by atoms with van der Waals surface area (Å²) >= 11 is 0. The van der Waals surface area contributed by atoms with Crippen molar-refractivity contribution >= 4 is 0 Å². The quantitative estimate of drug-likeness (QED) is 0.595. The lowest BCUT2D eigenvalue weighted by atomic mass is 9.99. The monoisotopic (exact) mass is 346 g/mol. The summed E-state index contributed by atoms with van der Waals surface area (Å²) in [6.07, 6.45) is 1.77. The summed E-state index contributed by atoms with van der Waals surface area (Å²) in [5.41, 5.74) is 6.13. The fraction of sp³-hybridized carbons (Fsp3) is 0.261. The largest absolute Gasteiger partial charge is 0.383 e. The Balaban J connectivity index is 1.80. The van der Waals surface area contributed by atoms with Crippen LogP contribution in [0.3, 0.4) is 0 Å². The average molecular weight is 346 g/mol. The van der Waals surface area contributed by atoms with E-state index < -0.39 is 0 Å². The molecule has 0 bridgehead atoms. The Morgan fingerprint density at radius 3 is 2.12 bits per heavy atom. The van der Waals surface area contributed by atoms with Gasteiger partial charge in [-0.1, -0.05) is 66.7 Å². The van der Waals surface area contributed by atoms with Crippen molar-refractivity contribution in [3.05, 3.63) is 101 Å². The van der Waals surface area contributed by atoms with Gasteiger partial charge in [-0.3, -0.25) is 4.98 Å². The van der Waals surface area contributed by atoms with Gasteiger partial charge < -0.3 is 10.1 Å². The van der Waals surface area contributed by atoms with Gasteiger partial charge in [-0.2, -0.15) is 0 Å². The molecule has 0 spiro atoms. The zero-order valence-corrected chi connectivity index (χ0v) is 15.3. The van der Waals surface area contributed by atoms with E-state index in [0.29, 0.717) is 6.61 Å². The molecule has 1 aromatic heterocycles. The average Bonchev–Trinajstić information content (AvgIpc) is 2.69. The second-order valence-electron chi connectivity index (χ2n) is 6.40. The zero-order valence-electron chi connectivity index (χ0n) is 15.3. The summed E-state index contributed by atoms with van der Waals surface area (Å²) in [7, 11) is 1.72. The number of rotatable bonds is 9. The van der Waals surface area contributed by atoms with Crippen molar-refractivity contribution in [2.45, 2.75) is 19.4 Å². The molecule has 3 nitrogen and oxygen atoms in total. The van der Waals surface area contributed by atoms with Gasteiger partial charge in [0.25, 0.3) is 0 Å². The molecule has 0 unspecified atom stereocenters. The van der Waals surface area contributed by atoms with Gasteiger partial charge in [0.1, 0.15) is 0 Å². The lowest BCUT2D eigenvalue weighted by Gasteiger charge is -2.12. The molecular weight excluding hydrogens is 320 g/mol. The SMILES string of the molecule is COCCNCc1ccc(Cc2ccccc2)c(Cc2ccccc2)n1. The number of benzene rings is 2. The lowest BCUT2D eigenvalue weighted by molar-refractivity contribution is 0.199. The van der Waals surface area contributed by atoms with Crippen LogP contribution in [-0.4, -0.2) is 25.2 Å². The van der Waals surface area contributed by atoms with Crippen LogP contribution >= 0.6 is 0 Å². The topological polar surface area (TPSA) is 34.1 Å². The van der Waals surface area contributed by atoms with Crippen LogP contribution in [0.4, 0.5) is 0 Å². The summed E-state index contributed by atoms with van der Waals surface area (Å²) in [6, 6.07) is 25.5. The second kappa shape index (κ2) is 9.85. The Morgan fingerprint density at radius 2 is 1.46 bits per heavy atom. The fourth-order valence-electron chi connectivity index (χ4n) is 2.98. The van der Waals surface area contributed by atoms with E-state index in [2.05, 4.69) is 78.1 Å². The normalized spacial score (nSPS) is 10.8. The molecule has 0 fully saturated rings. The second-order valence-corrected chi connectivity index (χ2v) is 6.40. The van der Waals surface area contributed by atoms with Crippen molar-refractivity contribution < 1.29 is 4.74 Å². The smallest absolute Gasteiger partial charge is 0.0587 e. The number of nitrogens with zero attached hydrogens (tertiary/aromatic N) is 1. The lowest BCUT2D eigenvalue weighted by Crippen LogP contribution is -2.19. The van der Waals surface area contributed by atoms with Crippen molar-refractivity contribution in [1.82, 2.24) is 10.3 Å². The van der Waals surface area contributed by atoms with E-state index in [0.717, 1.165) is 37.3 Å². The number of hydrogen-bond donors (Lipinski definition) is 1. The molecule has 0 radical (unpaired) electrons. The van der Waals surface area contributed by atoms with Gasteiger partial charge in [-0.15, -0.1) is 0 Å². The Labute approximate surface area is 156 Å². The maximum atomic E-state index is 5.09. The standard InChI is InChI=1S/C23H26N2O/c1-26-15-14-24-18-22-13-12-21(16-19-8-4-2-5-9-19)23(25-22)17-20-10-6-3-7-11-20/h2-13,24H,14-18H2,1H3. The van der Waals surface area contributed by atoms with Crippen LogP contribution in [0.15, 0.2) is 72.8 Å². The van der Waals surface area contributed by atoms with Gasteiger partial charge in [-0.05, 0) is 29.2 Å². The van der Waals surface area contributed by atoms with Crippen molar-refractivity contribution in [2.24, 2.45) is 0 Å². The van der Waals surface area contributed by atoms with Gasteiger partial charge in [0, 0.05) is 32.3 Å². The summed E-state index contributed by atoms with van der Waals surface area (Å²) in [6.45, 7) is 2.30. The first-order chi connectivity index (χ1) is 12.8. The Bertz CT molecular complexity index is 788. The van der Waals surface area contributed by atoms with Gasteiger partial charge in [0.15, 0.2) is 0 Å². The molecule has 0 saturated carbocycles. The summed E-state index contributed by atoms with van der Waals surface area (Å²) in [4.78, 5) is 4.96.